The molecule has 0 unspecified atom stereocenters. The molecule has 1 fully saturated rings. The van der Waals surface area contributed by atoms with Gasteiger partial charge in [0.25, 0.3) is 0 Å². The Hall–Kier alpha value is -2.12. The minimum Gasteiger partial charge on any atom is -0.460 e. The fraction of sp³-hybridized carbons (Fsp3) is 0.667. The van der Waals surface area contributed by atoms with E-state index in [-0.39, 0.29) is 0 Å². The topological polar surface area (TPSA) is 105 Å². The zero-order chi connectivity index (χ0) is 15.4. The molecule has 1 aliphatic rings. The molecular formula is C12H16O8. The highest BCUT2D eigenvalue weighted by Gasteiger charge is 2.48. The Labute approximate surface area is 115 Å². The van der Waals surface area contributed by atoms with Crippen LogP contribution in [0.5, 0.6) is 0 Å². The van der Waals surface area contributed by atoms with E-state index in [0.29, 0.717) is 0 Å². The van der Waals surface area contributed by atoms with E-state index in [1.807, 2.05) is 0 Å². The molecule has 0 aromatic heterocycles. The number of hydrogen-bond donors (Lipinski definition) is 0. The SMILES string of the molecule is CC(C)OC(=O)[C@@H]1OC(=O)C(=O)O[C@H]1C(=O)OC(C)C. The molecule has 0 spiro atoms. The van der Waals surface area contributed by atoms with Gasteiger partial charge in [-0.3, -0.25) is 0 Å². The van der Waals surface area contributed by atoms with Crippen molar-refractivity contribution in [3.8, 4) is 0 Å². The minimum atomic E-state index is -1.66. The molecule has 8 nitrogen and oxygen atoms in total. The molecule has 2 atom stereocenters. The molecule has 20 heavy (non-hydrogen) atoms. The Bertz CT molecular complexity index is 385. The van der Waals surface area contributed by atoms with Gasteiger partial charge in [0.1, 0.15) is 0 Å². The molecule has 1 rings (SSSR count). The average molecular weight is 288 g/mol. The first-order chi connectivity index (χ1) is 9.22. The quantitative estimate of drug-likeness (QED) is 0.395. The summed E-state index contributed by atoms with van der Waals surface area (Å²) in [6.45, 7) is 6.32. The Morgan fingerprint density at radius 1 is 0.850 bits per heavy atom. The highest BCUT2D eigenvalue weighted by Crippen LogP contribution is 2.17. The highest BCUT2D eigenvalue weighted by molar-refractivity contribution is 6.31. The number of cyclic esters (lactones) is 2. The van der Waals surface area contributed by atoms with E-state index in [0.717, 1.165) is 0 Å². The molecule has 1 aliphatic heterocycles. The smallest absolute Gasteiger partial charge is 0.418 e. The second-order valence-electron chi connectivity index (χ2n) is 4.62. The van der Waals surface area contributed by atoms with Gasteiger partial charge >= 0.3 is 23.9 Å². The molecule has 1 saturated heterocycles. The molecule has 112 valence electrons. The molecule has 0 radical (unpaired) electrons. The number of carbonyl (C=O) groups is 4. The molecule has 0 aromatic rings. The molecule has 0 N–H and O–H groups in total. The molecule has 0 amide bonds. The number of carbonyl (C=O) groups excluding carboxylic acids is 4. The highest BCUT2D eigenvalue weighted by atomic mass is 16.7. The first-order valence-electron chi connectivity index (χ1n) is 6.05. The van der Waals surface area contributed by atoms with Crippen LogP contribution in [0.1, 0.15) is 27.7 Å². The lowest BCUT2D eigenvalue weighted by Crippen LogP contribution is -2.53. The van der Waals surface area contributed by atoms with Crippen LogP contribution in [0.25, 0.3) is 0 Å². The van der Waals surface area contributed by atoms with Gasteiger partial charge in [0.05, 0.1) is 12.2 Å². The summed E-state index contributed by atoms with van der Waals surface area (Å²) >= 11 is 0. The normalized spacial score (nSPS) is 22.3. The summed E-state index contributed by atoms with van der Waals surface area (Å²) in [7, 11) is 0. The summed E-state index contributed by atoms with van der Waals surface area (Å²) < 4.78 is 18.9. The van der Waals surface area contributed by atoms with Gasteiger partial charge in [-0.2, -0.15) is 0 Å². The Morgan fingerprint density at radius 3 is 1.40 bits per heavy atom. The molecular weight excluding hydrogens is 272 g/mol. The third-order valence-corrected chi connectivity index (χ3v) is 2.08. The monoisotopic (exact) mass is 288 g/mol. The van der Waals surface area contributed by atoms with Crippen molar-refractivity contribution < 1.29 is 38.1 Å². The summed E-state index contributed by atoms with van der Waals surface area (Å²) in [5, 5.41) is 0. The van der Waals surface area contributed by atoms with Crippen LogP contribution in [0, 0.1) is 0 Å². The Balaban J connectivity index is 2.89. The summed E-state index contributed by atoms with van der Waals surface area (Å²) in [4.78, 5) is 45.8. The maximum absolute atomic E-state index is 11.8. The molecule has 1 heterocycles. The zero-order valence-electron chi connectivity index (χ0n) is 11.6. The minimum absolute atomic E-state index is 0.486. The zero-order valence-corrected chi connectivity index (χ0v) is 11.6. The summed E-state index contributed by atoms with van der Waals surface area (Å²) in [6.07, 6.45) is -4.29. The van der Waals surface area contributed by atoms with Crippen LogP contribution in [0.15, 0.2) is 0 Å². The number of ether oxygens (including phenoxy) is 4. The van der Waals surface area contributed by atoms with Crippen LogP contribution in [-0.4, -0.2) is 48.3 Å². The van der Waals surface area contributed by atoms with Gasteiger partial charge in [-0.1, -0.05) is 0 Å². The van der Waals surface area contributed by atoms with Crippen molar-refractivity contribution in [3.05, 3.63) is 0 Å². The maximum Gasteiger partial charge on any atom is 0.418 e. The van der Waals surface area contributed by atoms with Gasteiger partial charge in [0.2, 0.25) is 12.2 Å². The van der Waals surface area contributed by atoms with Crippen molar-refractivity contribution in [2.75, 3.05) is 0 Å². The van der Waals surface area contributed by atoms with Crippen LogP contribution >= 0.6 is 0 Å². The summed E-state index contributed by atoms with van der Waals surface area (Å²) in [6, 6.07) is 0. The van der Waals surface area contributed by atoms with Gasteiger partial charge in [0.15, 0.2) is 0 Å². The summed E-state index contributed by atoms with van der Waals surface area (Å²) in [5.41, 5.74) is 0. The predicted molar refractivity (Wildman–Crippen MR) is 62.2 cm³/mol. The van der Waals surface area contributed by atoms with Gasteiger partial charge in [-0.15, -0.1) is 0 Å². The van der Waals surface area contributed by atoms with Crippen LogP contribution in [0.2, 0.25) is 0 Å². The lowest BCUT2D eigenvalue weighted by Gasteiger charge is -2.28. The second-order valence-corrected chi connectivity index (χ2v) is 4.62. The fourth-order valence-corrected chi connectivity index (χ4v) is 1.39. The van der Waals surface area contributed by atoms with Crippen molar-refractivity contribution >= 4 is 23.9 Å². The van der Waals surface area contributed by atoms with E-state index in [2.05, 4.69) is 9.47 Å². The molecule has 8 heteroatoms. The van der Waals surface area contributed by atoms with Crippen molar-refractivity contribution in [1.29, 1.82) is 0 Å². The van der Waals surface area contributed by atoms with Crippen molar-refractivity contribution in [1.82, 2.24) is 0 Å². The number of rotatable bonds is 4. The molecule has 0 aromatic carbocycles. The largest absolute Gasteiger partial charge is 0.460 e. The van der Waals surface area contributed by atoms with E-state index in [1.165, 1.54) is 0 Å². The fourth-order valence-electron chi connectivity index (χ4n) is 1.39. The van der Waals surface area contributed by atoms with Crippen LogP contribution in [0.4, 0.5) is 0 Å². The first-order valence-corrected chi connectivity index (χ1v) is 6.05. The van der Waals surface area contributed by atoms with E-state index in [4.69, 9.17) is 9.47 Å². The summed E-state index contributed by atoms with van der Waals surface area (Å²) in [5.74, 6) is -4.67. The van der Waals surface area contributed by atoms with Gasteiger partial charge < -0.3 is 18.9 Å². The van der Waals surface area contributed by atoms with Gasteiger partial charge in [-0.05, 0) is 27.7 Å². The van der Waals surface area contributed by atoms with E-state index in [1.54, 1.807) is 27.7 Å². The first kappa shape index (κ1) is 15.9. The molecule has 0 bridgehead atoms. The van der Waals surface area contributed by atoms with Crippen LogP contribution < -0.4 is 0 Å². The van der Waals surface area contributed by atoms with E-state index < -0.39 is 48.3 Å². The third-order valence-electron chi connectivity index (χ3n) is 2.08. The molecule has 0 aliphatic carbocycles. The standard InChI is InChI=1S/C12H16O8/c1-5(2)17-9(13)7-8(10(14)18-6(3)4)20-12(16)11(15)19-7/h5-8H,1-4H3/t7-,8-/m1/s1. The maximum atomic E-state index is 11.8. The van der Waals surface area contributed by atoms with Crippen molar-refractivity contribution in [2.45, 2.75) is 52.1 Å². The Kier molecular flexibility index (Phi) is 5.06. The van der Waals surface area contributed by atoms with Crippen molar-refractivity contribution in [2.24, 2.45) is 0 Å². The van der Waals surface area contributed by atoms with Crippen LogP contribution in [0.3, 0.4) is 0 Å². The lowest BCUT2D eigenvalue weighted by atomic mass is 10.2. The second kappa shape index (κ2) is 6.36. The number of esters is 4. The molecule has 0 saturated carbocycles. The van der Waals surface area contributed by atoms with Crippen molar-refractivity contribution in [3.63, 3.8) is 0 Å². The third kappa shape index (κ3) is 3.94. The van der Waals surface area contributed by atoms with Crippen LogP contribution in [-0.2, 0) is 38.1 Å². The van der Waals surface area contributed by atoms with Gasteiger partial charge in [0, 0.05) is 0 Å². The van der Waals surface area contributed by atoms with E-state index >= 15 is 0 Å². The predicted octanol–water partition coefficient (Wildman–Crippen LogP) is -0.273. The number of hydrogen-bond acceptors (Lipinski definition) is 8. The average Bonchev–Trinajstić information content (AvgIpc) is 2.30. The van der Waals surface area contributed by atoms with E-state index in [9.17, 15) is 19.2 Å². The Morgan fingerprint density at radius 2 is 1.15 bits per heavy atom. The van der Waals surface area contributed by atoms with Gasteiger partial charge in [-0.25, -0.2) is 19.2 Å². The lowest BCUT2D eigenvalue weighted by molar-refractivity contribution is -0.210.